The molecule has 0 heterocycles. The number of hydrogen-bond donors (Lipinski definition) is 0. The van der Waals surface area contributed by atoms with Crippen LogP contribution in [0.2, 0.25) is 0 Å². The van der Waals surface area contributed by atoms with Gasteiger partial charge in [0.15, 0.2) is 0 Å². The summed E-state index contributed by atoms with van der Waals surface area (Å²) in [5.41, 5.74) is 3.75. The highest BCUT2D eigenvalue weighted by Crippen LogP contribution is 2.11. The summed E-state index contributed by atoms with van der Waals surface area (Å²) in [6, 6.07) is 18.9. The Morgan fingerprint density at radius 3 is 1.90 bits per heavy atom. The van der Waals surface area contributed by atoms with Gasteiger partial charge in [0, 0.05) is 0 Å². The van der Waals surface area contributed by atoms with Crippen LogP contribution < -0.4 is 0 Å². The van der Waals surface area contributed by atoms with Gasteiger partial charge in [0.1, 0.15) is 0 Å². The normalized spacial score (nSPS) is 10.3. The van der Waals surface area contributed by atoms with E-state index in [4.69, 9.17) is 0 Å². The number of benzene rings is 2. The van der Waals surface area contributed by atoms with Crippen LogP contribution in [-0.2, 0) is 28.8 Å². The van der Waals surface area contributed by atoms with Crippen molar-refractivity contribution in [2.45, 2.75) is 32.1 Å². The Morgan fingerprint density at radius 2 is 1.33 bits per heavy atom. The summed E-state index contributed by atoms with van der Waals surface area (Å²) >= 11 is 0. The van der Waals surface area contributed by atoms with Crippen molar-refractivity contribution < 1.29 is 9.53 Å². The van der Waals surface area contributed by atoms with Gasteiger partial charge in [-0.25, -0.2) is 0 Å². The van der Waals surface area contributed by atoms with Crippen LogP contribution in [0.1, 0.15) is 29.5 Å². The van der Waals surface area contributed by atoms with Crippen LogP contribution in [0.25, 0.3) is 0 Å². The highest BCUT2D eigenvalue weighted by atomic mass is 16.5. The molecule has 0 aliphatic heterocycles. The van der Waals surface area contributed by atoms with Crippen molar-refractivity contribution >= 4 is 5.97 Å². The lowest BCUT2D eigenvalue weighted by molar-refractivity contribution is -0.139. The Bertz CT molecular complexity index is 544. The van der Waals surface area contributed by atoms with Crippen LogP contribution in [0.3, 0.4) is 0 Å². The Hall–Kier alpha value is -2.09. The molecule has 0 fully saturated rings. The maximum Gasteiger partial charge on any atom is 0.309 e. The Balaban J connectivity index is 1.72. The van der Waals surface area contributed by atoms with Gasteiger partial charge >= 0.3 is 5.97 Å². The Morgan fingerprint density at radius 1 is 0.810 bits per heavy atom. The molecule has 0 radical (unpaired) electrons. The Labute approximate surface area is 126 Å². The van der Waals surface area contributed by atoms with Gasteiger partial charge < -0.3 is 4.74 Å². The largest absolute Gasteiger partial charge is 0.469 e. The molecule has 2 aromatic rings. The third kappa shape index (κ3) is 5.42. The zero-order valence-corrected chi connectivity index (χ0v) is 12.5. The molecule has 110 valence electrons. The molecule has 0 atom stereocenters. The number of carbonyl (C=O) groups excluding carboxylic acids is 1. The molecule has 0 saturated carbocycles. The Kier molecular flexibility index (Phi) is 6.01. The molecule has 0 spiro atoms. The lowest BCUT2D eigenvalue weighted by atomic mass is 10.0. The number of ether oxygens (including phenoxy) is 1. The molecular weight excluding hydrogens is 260 g/mol. The lowest BCUT2D eigenvalue weighted by Gasteiger charge is -2.04. The molecule has 2 rings (SSSR count). The monoisotopic (exact) mass is 282 g/mol. The first kappa shape index (κ1) is 15.3. The zero-order valence-electron chi connectivity index (χ0n) is 12.5. The molecule has 0 aliphatic carbocycles. The number of unbranched alkanes of at least 4 members (excludes halogenated alkanes) is 1. The summed E-state index contributed by atoms with van der Waals surface area (Å²) in [7, 11) is 1.42. The summed E-state index contributed by atoms with van der Waals surface area (Å²) in [5.74, 6) is -0.189. The summed E-state index contributed by atoms with van der Waals surface area (Å²) in [6.45, 7) is 0. The highest BCUT2D eigenvalue weighted by molar-refractivity contribution is 5.72. The third-order valence-electron chi connectivity index (χ3n) is 3.62. The van der Waals surface area contributed by atoms with Crippen LogP contribution in [0.5, 0.6) is 0 Å². The van der Waals surface area contributed by atoms with Crippen molar-refractivity contribution in [2.75, 3.05) is 7.11 Å². The quantitative estimate of drug-likeness (QED) is 0.567. The minimum atomic E-state index is -0.189. The van der Waals surface area contributed by atoms with Gasteiger partial charge in [-0.05, 0) is 42.4 Å². The average Bonchev–Trinajstić information content (AvgIpc) is 2.54. The first-order valence-electron chi connectivity index (χ1n) is 7.46. The van der Waals surface area contributed by atoms with Crippen molar-refractivity contribution in [1.29, 1.82) is 0 Å². The average molecular weight is 282 g/mol. The molecule has 2 nitrogen and oxygen atoms in total. The van der Waals surface area contributed by atoms with E-state index in [0.717, 1.165) is 18.4 Å². The van der Waals surface area contributed by atoms with Gasteiger partial charge in [-0.3, -0.25) is 4.79 Å². The maximum atomic E-state index is 11.2. The molecule has 2 heteroatoms. The molecular formula is C19H22O2. The molecule has 0 N–H and O–H groups in total. The molecule has 0 aromatic heterocycles. The topological polar surface area (TPSA) is 26.3 Å². The van der Waals surface area contributed by atoms with Gasteiger partial charge in [0.05, 0.1) is 13.5 Å². The first-order valence-corrected chi connectivity index (χ1v) is 7.46. The van der Waals surface area contributed by atoms with Crippen LogP contribution >= 0.6 is 0 Å². The number of hydrogen-bond acceptors (Lipinski definition) is 2. The standard InChI is InChI=1S/C19H22O2/c1-21-19(20)15-18-13-11-17(12-14-18)10-6-5-9-16-7-3-2-4-8-16/h2-4,7-8,11-14H,5-6,9-10,15H2,1H3. The predicted octanol–water partition coefficient (Wildman–Crippen LogP) is 3.97. The summed E-state index contributed by atoms with van der Waals surface area (Å²) in [4.78, 5) is 11.2. The number of rotatable bonds is 7. The highest BCUT2D eigenvalue weighted by Gasteiger charge is 2.02. The van der Waals surface area contributed by atoms with Gasteiger partial charge in [-0.1, -0.05) is 54.6 Å². The van der Waals surface area contributed by atoms with E-state index in [9.17, 15) is 4.79 Å². The fraction of sp³-hybridized carbons (Fsp3) is 0.316. The van der Waals surface area contributed by atoms with Crippen molar-refractivity contribution in [2.24, 2.45) is 0 Å². The second kappa shape index (κ2) is 8.25. The summed E-state index contributed by atoms with van der Waals surface area (Å²) in [6.07, 6.45) is 4.97. The van der Waals surface area contributed by atoms with Gasteiger partial charge in [0.2, 0.25) is 0 Å². The van der Waals surface area contributed by atoms with Crippen molar-refractivity contribution in [3.8, 4) is 0 Å². The number of carbonyl (C=O) groups is 1. The van der Waals surface area contributed by atoms with Crippen LogP contribution in [0.4, 0.5) is 0 Å². The second-order valence-corrected chi connectivity index (χ2v) is 5.26. The van der Waals surface area contributed by atoms with Crippen LogP contribution in [0, 0.1) is 0 Å². The molecule has 2 aromatic carbocycles. The number of methoxy groups -OCH3 is 1. The van der Waals surface area contributed by atoms with E-state index in [1.165, 1.54) is 31.1 Å². The molecule has 21 heavy (non-hydrogen) atoms. The van der Waals surface area contributed by atoms with Crippen molar-refractivity contribution in [3.63, 3.8) is 0 Å². The second-order valence-electron chi connectivity index (χ2n) is 5.26. The lowest BCUT2D eigenvalue weighted by Crippen LogP contribution is -2.04. The first-order chi connectivity index (χ1) is 10.3. The number of aryl methyl sites for hydroxylation is 2. The third-order valence-corrected chi connectivity index (χ3v) is 3.62. The maximum absolute atomic E-state index is 11.2. The van der Waals surface area contributed by atoms with E-state index in [0.29, 0.717) is 6.42 Å². The van der Waals surface area contributed by atoms with Crippen molar-refractivity contribution in [1.82, 2.24) is 0 Å². The summed E-state index contributed by atoms with van der Waals surface area (Å²) in [5, 5.41) is 0. The minimum Gasteiger partial charge on any atom is -0.469 e. The zero-order chi connectivity index (χ0) is 14.9. The molecule has 0 aliphatic rings. The van der Waals surface area contributed by atoms with E-state index in [2.05, 4.69) is 47.2 Å². The SMILES string of the molecule is COC(=O)Cc1ccc(CCCCc2ccccc2)cc1. The van der Waals surface area contributed by atoms with E-state index >= 15 is 0 Å². The van der Waals surface area contributed by atoms with Gasteiger partial charge in [-0.2, -0.15) is 0 Å². The van der Waals surface area contributed by atoms with Crippen LogP contribution in [0.15, 0.2) is 54.6 Å². The van der Waals surface area contributed by atoms with E-state index < -0.39 is 0 Å². The van der Waals surface area contributed by atoms with Gasteiger partial charge in [0.25, 0.3) is 0 Å². The fourth-order valence-electron chi connectivity index (χ4n) is 2.37. The summed E-state index contributed by atoms with van der Waals surface area (Å²) < 4.78 is 4.67. The molecule has 0 unspecified atom stereocenters. The minimum absolute atomic E-state index is 0.189. The fourth-order valence-corrected chi connectivity index (χ4v) is 2.37. The predicted molar refractivity (Wildman–Crippen MR) is 85.2 cm³/mol. The van der Waals surface area contributed by atoms with Gasteiger partial charge in [-0.15, -0.1) is 0 Å². The smallest absolute Gasteiger partial charge is 0.309 e. The molecule has 0 bridgehead atoms. The van der Waals surface area contributed by atoms with Crippen molar-refractivity contribution in [3.05, 3.63) is 71.3 Å². The number of esters is 1. The van der Waals surface area contributed by atoms with E-state index in [-0.39, 0.29) is 5.97 Å². The van der Waals surface area contributed by atoms with E-state index in [1.54, 1.807) is 0 Å². The molecule has 0 saturated heterocycles. The molecule has 0 amide bonds. The van der Waals surface area contributed by atoms with E-state index in [1.807, 2.05) is 12.1 Å². The van der Waals surface area contributed by atoms with Crippen LogP contribution in [-0.4, -0.2) is 13.1 Å².